The van der Waals surface area contributed by atoms with Gasteiger partial charge in [0.2, 0.25) is 11.9 Å². The quantitative estimate of drug-likeness (QED) is 0.856. The number of nitrogens with zero attached hydrogens (tertiary/aromatic N) is 4. The summed E-state index contributed by atoms with van der Waals surface area (Å²) in [5.74, 6) is 1.34. The number of anilines is 1. The number of amides is 1. The smallest absolute Gasteiger partial charge is 0.225 e. The van der Waals surface area contributed by atoms with Crippen LogP contribution in [0, 0.1) is 5.92 Å². The van der Waals surface area contributed by atoms with Crippen LogP contribution in [-0.4, -0.2) is 53.0 Å². The molecule has 2 saturated heterocycles. The summed E-state index contributed by atoms with van der Waals surface area (Å²) in [5.41, 5.74) is 5.70. The van der Waals surface area contributed by atoms with Crippen molar-refractivity contribution in [3.05, 3.63) is 18.5 Å². The highest BCUT2D eigenvalue weighted by molar-refractivity contribution is 5.79. The Kier molecular flexibility index (Phi) is 3.82. The van der Waals surface area contributed by atoms with Gasteiger partial charge < -0.3 is 15.5 Å². The second-order valence-corrected chi connectivity index (χ2v) is 5.64. The Labute approximate surface area is 119 Å². The van der Waals surface area contributed by atoms with E-state index in [9.17, 15) is 4.79 Å². The first kappa shape index (κ1) is 13.3. The van der Waals surface area contributed by atoms with E-state index in [2.05, 4.69) is 14.9 Å². The zero-order chi connectivity index (χ0) is 13.9. The first-order chi connectivity index (χ1) is 9.78. The van der Waals surface area contributed by atoms with Crippen LogP contribution in [0.5, 0.6) is 0 Å². The van der Waals surface area contributed by atoms with Crippen molar-refractivity contribution in [1.29, 1.82) is 0 Å². The molecule has 2 atom stereocenters. The Balaban J connectivity index is 1.68. The van der Waals surface area contributed by atoms with Crippen LogP contribution in [-0.2, 0) is 4.79 Å². The van der Waals surface area contributed by atoms with E-state index in [0.717, 1.165) is 38.4 Å². The van der Waals surface area contributed by atoms with Crippen LogP contribution in [0.15, 0.2) is 18.5 Å². The summed E-state index contributed by atoms with van der Waals surface area (Å²) in [5, 5.41) is 0. The molecule has 108 valence electrons. The van der Waals surface area contributed by atoms with Crippen LogP contribution >= 0.6 is 0 Å². The molecule has 0 aromatic carbocycles. The molecule has 1 aromatic rings. The second-order valence-electron chi connectivity index (χ2n) is 5.64. The van der Waals surface area contributed by atoms with Crippen LogP contribution in [0.3, 0.4) is 0 Å². The maximum atomic E-state index is 12.1. The van der Waals surface area contributed by atoms with Gasteiger partial charge in [0, 0.05) is 44.5 Å². The minimum atomic E-state index is 0.251. The lowest BCUT2D eigenvalue weighted by atomic mass is 10.0. The summed E-state index contributed by atoms with van der Waals surface area (Å²) < 4.78 is 0. The molecule has 3 rings (SSSR count). The maximum absolute atomic E-state index is 12.1. The lowest BCUT2D eigenvalue weighted by molar-refractivity contribution is -0.129. The van der Waals surface area contributed by atoms with Crippen molar-refractivity contribution in [1.82, 2.24) is 14.9 Å². The van der Waals surface area contributed by atoms with Gasteiger partial charge in [0.05, 0.1) is 0 Å². The van der Waals surface area contributed by atoms with Gasteiger partial charge >= 0.3 is 0 Å². The first-order valence-corrected chi connectivity index (χ1v) is 7.29. The first-order valence-electron chi connectivity index (χ1n) is 7.29. The normalized spacial score (nSPS) is 27.1. The van der Waals surface area contributed by atoms with Gasteiger partial charge in [-0.05, 0) is 31.4 Å². The van der Waals surface area contributed by atoms with Crippen molar-refractivity contribution < 1.29 is 4.79 Å². The molecule has 3 heterocycles. The van der Waals surface area contributed by atoms with Gasteiger partial charge in [-0.3, -0.25) is 4.79 Å². The molecule has 1 amide bonds. The molecule has 0 bridgehead atoms. The fourth-order valence-electron chi connectivity index (χ4n) is 3.16. The number of carbonyl (C=O) groups excluding carboxylic acids is 1. The van der Waals surface area contributed by atoms with Gasteiger partial charge in [0.15, 0.2) is 0 Å². The van der Waals surface area contributed by atoms with E-state index in [1.807, 2.05) is 11.0 Å². The van der Waals surface area contributed by atoms with E-state index in [0.29, 0.717) is 18.9 Å². The van der Waals surface area contributed by atoms with Crippen LogP contribution in [0.1, 0.15) is 19.3 Å². The van der Waals surface area contributed by atoms with Crippen LogP contribution < -0.4 is 10.6 Å². The number of likely N-dealkylation sites (tertiary alicyclic amines) is 1. The fraction of sp³-hybridized carbons (Fsp3) is 0.643. The second kappa shape index (κ2) is 5.75. The van der Waals surface area contributed by atoms with Crippen molar-refractivity contribution in [2.75, 3.05) is 31.1 Å². The third-order valence-corrected chi connectivity index (χ3v) is 4.24. The Morgan fingerprint density at radius 3 is 2.80 bits per heavy atom. The van der Waals surface area contributed by atoms with Crippen molar-refractivity contribution in [2.45, 2.75) is 25.3 Å². The molecule has 2 unspecified atom stereocenters. The predicted octanol–water partition coefficient (Wildman–Crippen LogP) is 0.253. The third kappa shape index (κ3) is 2.60. The monoisotopic (exact) mass is 275 g/mol. The average molecular weight is 275 g/mol. The molecule has 0 radical (unpaired) electrons. The molecule has 20 heavy (non-hydrogen) atoms. The average Bonchev–Trinajstić information content (AvgIpc) is 2.89. The molecule has 2 N–H and O–H groups in total. The standard InChI is InChI=1S/C14H21N5O/c15-8-11-7-13(20)19(9-11)12-3-1-6-18(10-12)14-16-4-2-5-17-14/h2,4-5,11-12H,1,3,6-10,15H2. The highest BCUT2D eigenvalue weighted by Gasteiger charge is 2.35. The number of aromatic nitrogens is 2. The molecule has 1 aromatic heterocycles. The molecule has 0 spiro atoms. The Bertz CT molecular complexity index is 466. The predicted molar refractivity (Wildman–Crippen MR) is 76.1 cm³/mol. The fourth-order valence-corrected chi connectivity index (χ4v) is 3.16. The van der Waals surface area contributed by atoms with E-state index in [4.69, 9.17) is 5.73 Å². The molecule has 2 aliphatic heterocycles. The summed E-state index contributed by atoms with van der Waals surface area (Å²) in [6.45, 7) is 3.19. The number of nitrogens with two attached hydrogens (primary N) is 1. The summed E-state index contributed by atoms with van der Waals surface area (Å²) in [6.07, 6.45) is 6.26. The Morgan fingerprint density at radius 1 is 1.30 bits per heavy atom. The van der Waals surface area contributed by atoms with Gasteiger partial charge in [-0.2, -0.15) is 0 Å². The maximum Gasteiger partial charge on any atom is 0.225 e. The topological polar surface area (TPSA) is 75.4 Å². The van der Waals surface area contributed by atoms with Gasteiger partial charge in [-0.25, -0.2) is 9.97 Å². The van der Waals surface area contributed by atoms with Crippen molar-refractivity contribution >= 4 is 11.9 Å². The highest BCUT2D eigenvalue weighted by Crippen LogP contribution is 2.25. The Morgan fingerprint density at radius 2 is 2.10 bits per heavy atom. The van der Waals surface area contributed by atoms with Gasteiger partial charge in [-0.15, -0.1) is 0 Å². The molecule has 0 saturated carbocycles. The van der Waals surface area contributed by atoms with Gasteiger partial charge in [0.25, 0.3) is 0 Å². The third-order valence-electron chi connectivity index (χ3n) is 4.24. The molecule has 6 heteroatoms. The molecule has 6 nitrogen and oxygen atoms in total. The zero-order valence-electron chi connectivity index (χ0n) is 11.6. The van der Waals surface area contributed by atoms with Gasteiger partial charge in [0.1, 0.15) is 0 Å². The van der Waals surface area contributed by atoms with Crippen LogP contribution in [0.2, 0.25) is 0 Å². The highest BCUT2D eigenvalue weighted by atomic mass is 16.2. The molecular formula is C14H21N5O. The molecule has 2 fully saturated rings. The summed E-state index contributed by atoms with van der Waals surface area (Å²) in [4.78, 5) is 24.9. The molecule has 2 aliphatic rings. The zero-order valence-corrected chi connectivity index (χ0v) is 11.6. The largest absolute Gasteiger partial charge is 0.339 e. The van der Waals surface area contributed by atoms with Crippen molar-refractivity contribution in [2.24, 2.45) is 11.7 Å². The number of hydrogen-bond acceptors (Lipinski definition) is 5. The Hall–Kier alpha value is -1.69. The van der Waals surface area contributed by atoms with E-state index in [1.165, 1.54) is 0 Å². The number of hydrogen-bond donors (Lipinski definition) is 1. The summed E-state index contributed by atoms with van der Waals surface area (Å²) in [7, 11) is 0. The number of piperidine rings is 1. The minimum absolute atomic E-state index is 0.251. The minimum Gasteiger partial charge on any atom is -0.339 e. The van der Waals surface area contributed by atoms with Crippen LogP contribution in [0.4, 0.5) is 5.95 Å². The number of rotatable bonds is 3. The van der Waals surface area contributed by atoms with Crippen molar-refractivity contribution in [3.63, 3.8) is 0 Å². The van der Waals surface area contributed by atoms with E-state index in [-0.39, 0.29) is 11.9 Å². The van der Waals surface area contributed by atoms with E-state index < -0.39 is 0 Å². The van der Waals surface area contributed by atoms with Gasteiger partial charge in [-0.1, -0.05) is 0 Å². The van der Waals surface area contributed by atoms with Crippen LogP contribution in [0.25, 0.3) is 0 Å². The SMILES string of the molecule is NCC1CC(=O)N(C2CCCN(c3ncccn3)C2)C1. The summed E-state index contributed by atoms with van der Waals surface area (Å²) in [6, 6.07) is 2.09. The van der Waals surface area contributed by atoms with Crippen molar-refractivity contribution in [3.8, 4) is 0 Å². The lowest BCUT2D eigenvalue weighted by Gasteiger charge is -2.37. The molecular weight excluding hydrogens is 254 g/mol. The lowest BCUT2D eigenvalue weighted by Crippen LogP contribution is -2.49. The molecule has 0 aliphatic carbocycles. The summed E-state index contributed by atoms with van der Waals surface area (Å²) >= 11 is 0. The number of carbonyl (C=O) groups is 1. The van der Waals surface area contributed by atoms with E-state index in [1.54, 1.807) is 12.4 Å². The van der Waals surface area contributed by atoms with E-state index >= 15 is 0 Å².